The van der Waals surface area contributed by atoms with Crippen LogP contribution in [-0.2, 0) is 147 Å². The zero-order valence-corrected chi connectivity index (χ0v) is 92.3. The van der Waals surface area contributed by atoms with Crippen LogP contribution < -0.4 is 0 Å². The summed E-state index contributed by atoms with van der Waals surface area (Å²) in [5, 5.41) is 39.9. The lowest BCUT2D eigenvalue weighted by Crippen LogP contribution is -2.62. The zero-order chi connectivity index (χ0) is 106. The van der Waals surface area contributed by atoms with Gasteiger partial charge in [-0.15, -0.1) is 55.4 Å². The Morgan fingerprint density at radius 3 is 0.903 bits per heavy atom. The molecule has 0 spiro atoms. The van der Waals surface area contributed by atoms with Crippen LogP contribution in [0, 0.1) is 59.2 Å². The summed E-state index contributed by atoms with van der Waals surface area (Å²) in [5.41, 5.74) is 2.76. The van der Waals surface area contributed by atoms with E-state index < -0.39 is 148 Å². The van der Waals surface area contributed by atoms with Crippen LogP contribution in [0.1, 0.15) is 166 Å². The Morgan fingerprint density at radius 1 is 0.319 bits per heavy atom. The molecule has 23 unspecified atom stereocenters. The van der Waals surface area contributed by atoms with Crippen molar-refractivity contribution < 1.29 is 182 Å². The highest BCUT2D eigenvalue weighted by atomic mass is 31.0. The van der Waals surface area contributed by atoms with Crippen molar-refractivity contribution in [2.24, 2.45) is 59.2 Å². The van der Waals surface area contributed by atoms with Gasteiger partial charge in [0, 0.05) is 73.0 Å². The minimum atomic E-state index is -1.15. The zero-order valence-electron chi connectivity index (χ0n) is 85.4. The summed E-state index contributed by atoms with van der Waals surface area (Å²) in [6.07, 6.45) is -6.87. The van der Waals surface area contributed by atoms with Crippen molar-refractivity contribution in [3.05, 3.63) is 146 Å². The van der Waals surface area contributed by atoms with Crippen LogP contribution in [0.4, 0.5) is 14.4 Å². The Balaban J connectivity index is 0.000000229. The van der Waals surface area contributed by atoms with Crippen LogP contribution in [0.25, 0.3) is 0 Å². The summed E-state index contributed by atoms with van der Waals surface area (Å²) in [4.78, 5) is 68.5. The first-order chi connectivity index (χ1) is 69.0. The van der Waals surface area contributed by atoms with Crippen LogP contribution in [0.15, 0.2) is 129 Å². The number of carbonyl (C=O) groups is 6. The average Bonchev–Trinajstić information content (AvgIpc) is 0.775. The van der Waals surface area contributed by atoms with Crippen molar-refractivity contribution in [2.45, 2.75) is 303 Å². The fourth-order valence-electron chi connectivity index (χ4n) is 17.9. The van der Waals surface area contributed by atoms with Crippen molar-refractivity contribution >= 4 is 91.8 Å². The van der Waals surface area contributed by atoms with Crippen LogP contribution in [0.5, 0.6) is 0 Å². The van der Waals surface area contributed by atoms with Crippen molar-refractivity contribution in [1.82, 2.24) is 0 Å². The van der Waals surface area contributed by atoms with E-state index in [4.69, 9.17) is 133 Å². The number of aliphatic hydroxyl groups excluding tert-OH is 4. The molecular weight excluding hydrogens is 1990 g/mol. The molecule has 3 aromatic carbocycles. The first-order valence-electron chi connectivity index (χ1n) is 48.9. The SMILES string of the molecule is C=CCOC(=O)OC1[C@@H](OCP)OC(CC)[C@@H](C)[C@@H]1C.C=CCOC(=O)OC1[C@@H](OCP)OC(CO)[C@@H](C)[C@@H]1C.C=CCOC(=O)OC1[C@@H](OCP)OC2COC(c3ccccc3)O[C@H]2[C@@H]1C.CCC1O[C@H](OC(C)=O)C(OC(C)=O)[C@@H](C)[C@@H]1C.CCC1O[C@H](OCP)C(OC(C)=O)[C@@H](C)[C@@H]1C.C[C@@H]1C(O)[C@@H](OCP)OC2COC(c3ccccc3)O[C@H]21.OC1[C@@H](OCP)OC2COC(c3ccccc3)O[C@H]2[C@@H]1O. The molecule has 10 fully saturated rings. The Bertz CT molecular complexity index is 4040. The molecule has 144 heavy (non-hydrogen) atoms. The predicted molar refractivity (Wildman–Crippen MR) is 544 cm³/mol. The van der Waals surface area contributed by atoms with Crippen LogP contribution in [-0.4, -0.2) is 295 Å². The standard InChI is InChI=1S/C19H25O7P.C15H21O5P.C14H19O6P.C14H25O5P.C13H23O6P.C13H22O5.C12H23O4P/c1-3-9-21-19(20)26-16-12(2)15-14(24-18(16)23-11-27)10-22-17(25-15)13-7-5-4-6-8-13;1-9-12(16)15(18-8-21)19-11-7-17-14(20-13(9)11)10-5-3-2-4-6-10;15-10-11(16)14(18-7-21)19-9-6-17-13(20-12(9)10)8-4-2-1-3-5-8;1-5-7-16-14(15)19-12-10(4)9(3)11(6-2)18-13(12)17-8-20;1-4-5-16-13(15)19-11-9(3)8(2)10(6-14)18-12(11)17-7-20;1-6-11-7(2)8(3)12(16-9(4)14)13(18-11)17-10(5)15;1-5-10-7(2)8(3)11(15-9(4)13)12(16-10)14-6-17/h3-8,12,14-18H,1,9-11,27H2,2H3;2-6,9,11-16H,7-8,21H2,1H3;1-5,9-16H,6-7,21H2;5,9-13H,1,6-8,20H2,2-4H3;4,8-12,14H,1,5-7,20H2,2-3H3;7-8,11-13H,6H2,1-5H3;7-8,10-12H,5-6,17H2,1-4H3/t12-,14?,15-,16?,17?,18-;9-,11?,12?,13+,14?,15+;9?,10-,11?,12-,13?,14+;9-,10-,11?,12?,13-;8-,9-,10?,11?,12-;7-,8-,11?,12?,13-;7-,8-,10?,11?,12-/m0110000/s1. The molecule has 0 amide bonds. The molecule has 816 valence electrons. The number of fused-ring (bicyclic) bond motifs is 3. The van der Waals surface area contributed by atoms with E-state index in [9.17, 15) is 49.2 Å². The van der Waals surface area contributed by atoms with Gasteiger partial charge in [0.25, 0.3) is 0 Å². The predicted octanol–water partition coefficient (Wildman–Crippen LogP) is 13.6. The largest absolute Gasteiger partial charge is 0.509 e. The van der Waals surface area contributed by atoms with Crippen molar-refractivity contribution in [3.63, 3.8) is 0 Å². The summed E-state index contributed by atoms with van der Waals surface area (Å²) in [5.74, 6) is -0.0603. The third-order valence-electron chi connectivity index (χ3n) is 26.5. The van der Waals surface area contributed by atoms with E-state index in [1.165, 1.54) is 39.0 Å². The van der Waals surface area contributed by atoms with Crippen LogP contribution in [0.3, 0.4) is 0 Å². The third kappa shape index (κ3) is 37.4. The fraction of sp³-hybridized carbons (Fsp3) is 0.700. The van der Waals surface area contributed by atoms with Gasteiger partial charge in [-0.05, 0) is 42.9 Å². The number of esters is 3. The highest BCUT2D eigenvalue weighted by molar-refractivity contribution is 7.16. The molecule has 38 nitrogen and oxygen atoms in total. The second-order valence-electron chi connectivity index (χ2n) is 35.9. The molecule has 0 saturated carbocycles. The monoisotopic (exact) mass is 2150 g/mol. The molecule has 0 aromatic heterocycles. The van der Waals surface area contributed by atoms with Gasteiger partial charge in [-0.2, -0.15) is 0 Å². The quantitative estimate of drug-likeness (QED) is 0.0201. The van der Waals surface area contributed by atoms with E-state index in [1.807, 2.05) is 139 Å². The molecule has 0 aliphatic carbocycles. The van der Waals surface area contributed by atoms with Gasteiger partial charge in [-0.25, -0.2) is 14.4 Å². The molecule has 44 heteroatoms. The lowest BCUT2D eigenvalue weighted by Gasteiger charge is -2.47. The van der Waals surface area contributed by atoms with Gasteiger partial charge >= 0.3 is 36.4 Å². The molecular formula is C100H158O38P6. The number of carbonyl (C=O) groups excluding carboxylic acids is 6. The lowest BCUT2D eigenvalue weighted by atomic mass is 9.82. The minimum absolute atomic E-state index is 0.0103. The van der Waals surface area contributed by atoms with Crippen molar-refractivity contribution in [3.8, 4) is 0 Å². The highest BCUT2D eigenvalue weighted by Crippen LogP contribution is 2.44. The summed E-state index contributed by atoms with van der Waals surface area (Å²) in [7, 11) is 14.7. The van der Waals surface area contributed by atoms with E-state index in [0.717, 1.165) is 36.0 Å². The van der Waals surface area contributed by atoms with Crippen LogP contribution in [0.2, 0.25) is 0 Å². The first kappa shape index (κ1) is 126. The van der Waals surface area contributed by atoms with E-state index in [-0.39, 0.29) is 147 Å². The summed E-state index contributed by atoms with van der Waals surface area (Å²) >= 11 is 0. The van der Waals surface area contributed by atoms with E-state index in [0.29, 0.717) is 57.2 Å². The van der Waals surface area contributed by atoms with Crippen molar-refractivity contribution in [1.29, 1.82) is 0 Å². The molecule has 4 N–H and O–H groups in total. The molecule has 10 aliphatic rings. The number of ether oxygens (including phenoxy) is 28. The van der Waals surface area contributed by atoms with Gasteiger partial charge in [0.15, 0.2) is 87.1 Å². The maximum absolute atomic E-state index is 11.9. The summed E-state index contributed by atoms with van der Waals surface area (Å²) < 4.78 is 155. The maximum Gasteiger partial charge on any atom is 0.509 e. The van der Waals surface area contributed by atoms with Gasteiger partial charge in [-0.1, -0.05) is 219 Å². The second-order valence-corrected chi connectivity index (χ2v) is 37.9. The van der Waals surface area contributed by atoms with E-state index in [1.54, 1.807) is 0 Å². The van der Waals surface area contributed by atoms with Gasteiger partial charge in [0.05, 0.1) is 101 Å². The minimum Gasteiger partial charge on any atom is -0.457 e. The molecule has 13 rings (SSSR count). The van der Waals surface area contributed by atoms with Crippen LogP contribution >= 0.6 is 55.4 Å². The Morgan fingerprint density at radius 2 is 0.583 bits per heavy atom. The molecule has 10 saturated heterocycles. The number of hydrogen-bond donors (Lipinski definition) is 4. The third-order valence-corrected chi connectivity index (χ3v) is 27.6. The van der Waals surface area contributed by atoms with Gasteiger partial charge < -0.3 is 153 Å². The Hall–Kier alpha value is -5.24. The molecule has 3 aromatic rings. The van der Waals surface area contributed by atoms with Gasteiger partial charge in [0.2, 0.25) is 6.29 Å². The molecule has 0 bridgehead atoms. The lowest BCUT2D eigenvalue weighted by molar-refractivity contribution is -0.359. The number of hydrogen-bond acceptors (Lipinski definition) is 38. The molecule has 0 radical (unpaired) electrons. The number of rotatable bonds is 31. The normalized spacial score (nSPS) is 36.0. The van der Waals surface area contributed by atoms with E-state index in [2.05, 4.69) is 117 Å². The summed E-state index contributed by atoms with van der Waals surface area (Å²) in [6.45, 7) is 42.1. The topological polar surface area (TPSA) is 442 Å². The highest BCUT2D eigenvalue weighted by Gasteiger charge is 2.55. The molecule has 44 atom stereocenters. The Labute approximate surface area is 861 Å². The summed E-state index contributed by atoms with van der Waals surface area (Å²) in [6, 6.07) is 28.9. The Kier molecular flexibility index (Phi) is 57.5. The number of benzene rings is 3. The molecule has 10 aliphatic heterocycles. The van der Waals surface area contributed by atoms with Gasteiger partial charge in [-0.3, -0.25) is 14.4 Å². The van der Waals surface area contributed by atoms with Gasteiger partial charge in [0.1, 0.15) is 62.5 Å². The number of aliphatic hydroxyl groups is 4. The van der Waals surface area contributed by atoms with E-state index >= 15 is 0 Å². The smallest absolute Gasteiger partial charge is 0.457 e. The first-order valence-corrected chi connectivity index (χ1v) is 53.8. The second kappa shape index (κ2) is 65.9. The average molecular weight is 2150 g/mol. The maximum atomic E-state index is 11.9. The van der Waals surface area contributed by atoms with Crippen molar-refractivity contribution in [2.75, 3.05) is 84.3 Å². The molecule has 10 heterocycles. The fourth-order valence-corrected chi connectivity index (χ4v) is 19.0.